The minimum atomic E-state index is -0.0490. The van der Waals surface area contributed by atoms with Crippen LogP contribution in [0.3, 0.4) is 0 Å². The second-order valence-electron chi connectivity index (χ2n) is 7.91. The Morgan fingerprint density at radius 3 is 2.15 bits per heavy atom. The first-order valence-electron chi connectivity index (χ1n) is 9.96. The number of nitrogens with zero attached hydrogens (tertiary/aromatic N) is 1. The molecule has 1 aliphatic heterocycles. The molecule has 0 bridgehead atoms. The highest BCUT2D eigenvalue weighted by Crippen LogP contribution is 2.24. The fraction of sp³-hybridized carbons (Fsp3) is 0.619. The molecule has 142 valence electrons. The van der Waals surface area contributed by atoms with Gasteiger partial charge in [0.2, 0.25) is 5.91 Å². The molecule has 3 amide bonds. The molecule has 5 nitrogen and oxygen atoms in total. The molecule has 0 radical (unpaired) electrons. The summed E-state index contributed by atoms with van der Waals surface area (Å²) < 4.78 is 0. The Labute approximate surface area is 156 Å². The monoisotopic (exact) mass is 357 g/mol. The minimum absolute atomic E-state index is 0.0490. The molecule has 2 N–H and O–H groups in total. The average molecular weight is 357 g/mol. The van der Waals surface area contributed by atoms with Gasteiger partial charge < -0.3 is 15.5 Å². The highest BCUT2D eigenvalue weighted by atomic mass is 16.2. The van der Waals surface area contributed by atoms with E-state index >= 15 is 0 Å². The molecule has 1 heterocycles. The van der Waals surface area contributed by atoms with Crippen molar-refractivity contribution < 1.29 is 9.59 Å². The van der Waals surface area contributed by atoms with Crippen LogP contribution in [0.2, 0.25) is 0 Å². The molecule has 0 spiro atoms. The molecule has 2 aliphatic rings. The molecule has 2 fully saturated rings. The zero-order chi connectivity index (χ0) is 18.5. The summed E-state index contributed by atoms with van der Waals surface area (Å²) in [5.74, 6) is 0.428. The number of carbonyl (C=O) groups is 2. The highest BCUT2D eigenvalue weighted by molar-refractivity contribution is 5.89. The van der Waals surface area contributed by atoms with Crippen LogP contribution in [-0.2, 0) is 4.79 Å². The predicted octanol–water partition coefficient (Wildman–Crippen LogP) is 4.00. The van der Waals surface area contributed by atoms with Crippen LogP contribution in [0.4, 0.5) is 10.5 Å². The first-order chi connectivity index (χ1) is 12.5. The molecule has 3 rings (SSSR count). The number of amides is 3. The number of nitrogens with one attached hydrogen (secondary N) is 2. The van der Waals surface area contributed by atoms with Gasteiger partial charge in [0.15, 0.2) is 0 Å². The molecule has 0 aromatic heterocycles. The molecule has 0 atom stereocenters. The van der Waals surface area contributed by atoms with Gasteiger partial charge in [-0.1, -0.05) is 25.3 Å². The fourth-order valence-corrected chi connectivity index (χ4v) is 4.16. The summed E-state index contributed by atoms with van der Waals surface area (Å²) in [5.41, 5.74) is 3.13. The van der Waals surface area contributed by atoms with E-state index in [1.807, 2.05) is 30.9 Å². The van der Waals surface area contributed by atoms with Crippen molar-refractivity contribution in [3.63, 3.8) is 0 Å². The number of hydrogen-bond donors (Lipinski definition) is 2. The minimum Gasteiger partial charge on any atom is -0.353 e. The number of urea groups is 1. The summed E-state index contributed by atoms with van der Waals surface area (Å²) >= 11 is 0. The van der Waals surface area contributed by atoms with E-state index in [1.54, 1.807) is 0 Å². The van der Waals surface area contributed by atoms with Crippen LogP contribution < -0.4 is 10.6 Å². The number of rotatable bonds is 3. The summed E-state index contributed by atoms with van der Waals surface area (Å²) in [6.07, 6.45) is 7.34. The van der Waals surface area contributed by atoms with Gasteiger partial charge in [-0.3, -0.25) is 4.79 Å². The third-order valence-corrected chi connectivity index (χ3v) is 5.58. The molecule has 1 aromatic carbocycles. The molecular formula is C21H31N3O2. The number of piperidine rings is 1. The van der Waals surface area contributed by atoms with Crippen molar-refractivity contribution in [3.05, 3.63) is 29.3 Å². The van der Waals surface area contributed by atoms with E-state index in [-0.39, 0.29) is 23.9 Å². The lowest BCUT2D eigenvalue weighted by atomic mass is 9.88. The fourth-order valence-electron chi connectivity index (χ4n) is 4.16. The van der Waals surface area contributed by atoms with Gasteiger partial charge in [0.05, 0.1) is 0 Å². The van der Waals surface area contributed by atoms with Crippen LogP contribution in [0.25, 0.3) is 0 Å². The van der Waals surface area contributed by atoms with Gasteiger partial charge >= 0.3 is 6.03 Å². The maximum atomic E-state index is 12.5. The van der Waals surface area contributed by atoms with E-state index in [0.717, 1.165) is 42.5 Å². The molecule has 0 unspecified atom stereocenters. The number of anilines is 1. The lowest BCUT2D eigenvalue weighted by Crippen LogP contribution is -2.49. The van der Waals surface area contributed by atoms with E-state index in [4.69, 9.17) is 0 Å². The van der Waals surface area contributed by atoms with Gasteiger partial charge in [0.1, 0.15) is 0 Å². The van der Waals surface area contributed by atoms with E-state index < -0.39 is 0 Å². The molecule has 1 aliphatic carbocycles. The summed E-state index contributed by atoms with van der Waals surface area (Å²) in [6, 6.07) is 6.22. The Kier molecular flexibility index (Phi) is 6.17. The van der Waals surface area contributed by atoms with Crippen LogP contribution >= 0.6 is 0 Å². The topological polar surface area (TPSA) is 61.4 Å². The Morgan fingerprint density at radius 2 is 1.54 bits per heavy atom. The zero-order valence-corrected chi connectivity index (χ0v) is 16.0. The second kappa shape index (κ2) is 8.56. The Bertz CT molecular complexity index is 624. The van der Waals surface area contributed by atoms with E-state index in [1.165, 1.54) is 19.3 Å². The molecule has 26 heavy (non-hydrogen) atoms. The Balaban J connectivity index is 1.45. The van der Waals surface area contributed by atoms with Crippen LogP contribution in [-0.4, -0.2) is 36.0 Å². The molecule has 1 saturated heterocycles. The second-order valence-corrected chi connectivity index (χ2v) is 7.91. The van der Waals surface area contributed by atoms with Gasteiger partial charge in [-0.05, 0) is 62.8 Å². The summed E-state index contributed by atoms with van der Waals surface area (Å²) in [5, 5.41) is 6.22. The van der Waals surface area contributed by atoms with Crippen molar-refractivity contribution >= 4 is 17.6 Å². The maximum absolute atomic E-state index is 12.5. The van der Waals surface area contributed by atoms with Gasteiger partial charge in [0, 0.05) is 30.7 Å². The molecular weight excluding hydrogens is 326 g/mol. The molecule has 5 heteroatoms. The quantitative estimate of drug-likeness (QED) is 0.859. The van der Waals surface area contributed by atoms with E-state index in [9.17, 15) is 9.59 Å². The summed E-state index contributed by atoms with van der Waals surface area (Å²) in [7, 11) is 0. The first kappa shape index (κ1) is 18.7. The lowest BCUT2D eigenvalue weighted by Gasteiger charge is -2.33. The van der Waals surface area contributed by atoms with E-state index in [0.29, 0.717) is 13.1 Å². The van der Waals surface area contributed by atoms with E-state index in [2.05, 4.69) is 16.7 Å². The standard InChI is InChI=1S/C21H31N3O2/c1-15-12-16(2)14-19(13-15)23-21(26)24-10-8-18(9-11-24)22-20(25)17-6-4-3-5-7-17/h12-14,17-18H,3-11H2,1-2H3,(H,22,25)(H,23,26). The first-order valence-corrected chi connectivity index (χ1v) is 9.96. The average Bonchev–Trinajstić information content (AvgIpc) is 2.62. The van der Waals surface area contributed by atoms with Gasteiger partial charge in [-0.2, -0.15) is 0 Å². The molecule has 1 aromatic rings. The smallest absolute Gasteiger partial charge is 0.321 e. The Hall–Kier alpha value is -2.04. The largest absolute Gasteiger partial charge is 0.353 e. The third-order valence-electron chi connectivity index (χ3n) is 5.58. The number of hydrogen-bond acceptors (Lipinski definition) is 2. The number of carbonyl (C=O) groups excluding carboxylic acids is 2. The number of likely N-dealkylation sites (tertiary alicyclic amines) is 1. The normalized spacial score (nSPS) is 19.2. The zero-order valence-electron chi connectivity index (χ0n) is 16.0. The Morgan fingerprint density at radius 1 is 0.923 bits per heavy atom. The van der Waals surface area contributed by atoms with Gasteiger partial charge in [-0.15, -0.1) is 0 Å². The number of aryl methyl sites for hydroxylation is 2. The maximum Gasteiger partial charge on any atom is 0.321 e. The summed E-state index contributed by atoms with van der Waals surface area (Å²) in [4.78, 5) is 26.7. The molecule has 1 saturated carbocycles. The summed E-state index contributed by atoms with van der Waals surface area (Å²) in [6.45, 7) is 5.44. The van der Waals surface area contributed by atoms with Crippen molar-refractivity contribution in [1.82, 2.24) is 10.2 Å². The third kappa shape index (κ3) is 4.99. The van der Waals surface area contributed by atoms with Crippen molar-refractivity contribution in [2.24, 2.45) is 5.92 Å². The number of benzene rings is 1. The highest BCUT2D eigenvalue weighted by Gasteiger charge is 2.27. The van der Waals surface area contributed by atoms with Crippen LogP contribution in [0.1, 0.15) is 56.1 Å². The SMILES string of the molecule is Cc1cc(C)cc(NC(=O)N2CCC(NC(=O)C3CCCCC3)CC2)c1. The lowest BCUT2D eigenvalue weighted by molar-refractivity contribution is -0.126. The van der Waals surface area contributed by atoms with Crippen LogP contribution in [0.5, 0.6) is 0 Å². The van der Waals surface area contributed by atoms with Crippen LogP contribution in [0.15, 0.2) is 18.2 Å². The van der Waals surface area contributed by atoms with Crippen molar-refractivity contribution in [3.8, 4) is 0 Å². The van der Waals surface area contributed by atoms with Crippen molar-refractivity contribution in [1.29, 1.82) is 0 Å². The predicted molar refractivity (Wildman–Crippen MR) is 104 cm³/mol. The van der Waals surface area contributed by atoms with Gasteiger partial charge in [0.25, 0.3) is 0 Å². The van der Waals surface area contributed by atoms with Crippen LogP contribution in [0, 0.1) is 19.8 Å². The van der Waals surface area contributed by atoms with Crippen molar-refractivity contribution in [2.45, 2.75) is 64.8 Å². The van der Waals surface area contributed by atoms with Gasteiger partial charge in [-0.25, -0.2) is 4.79 Å². The van der Waals surface area contributed by atoms with Crippen molar-refractivity contribution in [2.75, 3.05) is 18.4 Å².